The number of nitrogens with zero attached hydrogens (tertiary/aromatic N) is 4. The van der Waals surface area contributed by atoms with Crippen molar-refractivity contribution in [3.63, 3.8) is 0 Å². The summed E-state index contributed by atoms with van der Waals surface area (Å²) in [6, 6.07) is 0. The van der Waals surface area contributed by atoms with E-state index >= 15 is 0 Å². The quantitative estimate of drug-likeness (QED) is 0.835. The van der Waals surface area contributed by atoms with Crippen LogP contribution in [0.15, 0.2) is 17.9 Å². The Bertz CT molecular complexity index is 643. The molecule has 23 heavy (non-hydrogen) atoms. The minimum absolute atomic E-state index is 0.590. The van der Waals surface area contributed by atoms with Crippen LogP contribution in [0.3, 0.4) is 0 Å². The molecular formula is C18H26N4S. The molecule has 4 rings (SSSR count). The Balaban J connectivity index is 1.43. The maximum atomic E-state index is 4.73. The molecule has 2 aromatic heterocycles. The Kier molecular flexibility index (Phi) is 4.49. The van der Waals surface area contributed by atoms with Crippen molar-refractivity contribution in [2.75, 3.05) is 13.1 Å². The highest BCUT2D eigenvalue weighted by Crippen LogP contribution is 2.31. The average molecular weight is 331 g/mol. The Morgan fingerprint density at radius 2 is 2.13 bits per heavy atom. The van der Waals surface area contributed by atoms with Crippen molar-refractivity contribution in [3.05, 3.63) is 34.3 Å². The Hall–Kier alpha value is -1.20. The summed E-state index contributed by atoms with van der Waals surface area (Å²) in [7, 11) is 0. The molecule has 1 unspecified atom stereocenters. The number of aromatic nitrogens is 3. The molecule has 5 heteroatoms. The second kappa shape index (κ2) is 6.73. The van der Waals surface area contributed by atoms with Gasteiger partial charge in [0.05, 0.1) is 11.2 Å². The fourth-order valence-corrected chi connectivity index (χ4v) is 4.70. The van der Waals surface area contributed by atoms with Crippen molar-refractivity contribution in [2.24, 2.45) is 5.92 Å². The van der Waals surface area contributed by atoms with Crippen molar-refractivity contribution in [2.45, 2.75) is 58.0 Å². The number of hydrogen-bond donors (Lipinski definition) is 0. The first-order chi connectivity index (χ1) is 11.3. The van der Waals surface area contributed by atoms with Crippen LogP contribution >= 0.6 is 11.3 Å². The molecule has 0 aromatic carbocycles. The molecule has 1 aliphatic heterocycles. The number of imidazole rings is 1. The van der Waals surface area contributed by atoms with Crippen molar-refractivity contribution >= 4 is 11.3 Å². The molecule has 0 N–H and O–H groups in total. The standard InChI is InChI=1S/C18H26N4S/c1-14-17(23-13-20-14)12-21-8-3-6-16(11-21)18-19-7-9-22(18)10-15-4-2-5-15/h7,9,13,15-16H,2-6,8,10-12H2,1H3. The van der Waals surface area contributed by atoms with E-state index in [-0.39, 0.29) is 0 Å². The van der Waals surface area contributed by atoms with Crippen LogP contribution in [-0.2, 0) is 13.1 Å². The molecule has 0 bridgehead atoms. The van der Waals surface area contributed by atoms with Gasteiger partial charge in [-0.3, -0.25) is 4.90 Å². The largest absolute Gasteiger partial charge is 0.334 e. The van der Waals surface area contributed by atoms with Gasteiger partial charge in [0.15, 0.2) is 0 Å². The molecule has 1 saturated heterocycles. The van der Waals surface area contributed by atoms with Crippen molar-refractivity contribution in [1.82, 2.24) is 19.4 Å². The lowest BCUT2D eigenvalue weighted by molar-refractivity contribution is 0.192. The Morgan fingerprint density at radius 1 is 1.22 bits per heavy atom. The molecule has 0 amide bonds. The van der Waals surface area contributed by atoms with Gasteiger partial charge in [-0.05, 0) is 45.1 Å². The Morgan fingerprint density at radius 3 is 2.87 bits per heavy atom. The van der Waals surface area contributed by atoms with Gasteiger partial charge < -0.3 is 4.57 Å². The monoisotopic (exact) mass is 330 g/mol. The van der Waals surface area contributed by atoms with E-state index < -0.39 is 0 Å². The van der Waals surface area contributed by atoms with Crippen molar-refractivity contribution in [3.8, 4) is 0 Å². The normalized spacial score (nSPS) is 23.1. The lowest BCUT2D eigenvalue weighted by atomic mass is 9.85. The molecule has 124 valence electrons. The first-order valence-electron chi connectivity index (χ1n) is 8.92. The van der Waals surface area contributed by atoms with Gasteiger partial charge in [0.25, 0.3) is 0 Å². The van der Waals surface area contributed by atoms with Crippen LogP contribution in [0, 0.1) is 12.8 Å². The fraction of sp³-hybridized carbons (Fsp3) is 0.667. The third kappa shape index (κ3) is 3.36. The van der Waals surface area contributed by atoms with Gasteiger partial charge in [-0.1, -0.05) is 6.42 Å². The molecular weight excluding hydrogens is 304 g/mol. The molecule has 0 radical (unpaired) electrons. The zero-order valence-corrected chi connectivity index (χ0v) is 14.8. The minimum atomic E-state index is 0.590. The van der Waals surface area contributed by atoms with E-state index in [2.05, 4.69) is 27.6 Å². The summed E-state index contributed by atoms with van der Waals surface area (Å²) in [6.45, 7) is 6.70. The highest BCUT2D eigenvalue weighted by atomic mass is 32.1. The van der Waals surface area contributed by atoms with Crippen LogP contribution in [0.1, 0.15) is 54.4 Å². The lowest BCUT2D eigenvalue weighted by Crippen LogP contribution is -2.35. The molecule has 0 spiro atoms. The van der Waals surface area contributed by atoms with Crippen LogP contribution < -0.4 is 0 Å². The molecule has 2 fully saturated rings. The molecule has 3 heterocycles. The van der Waals surface area contributed by atoms with Crippen molar-refractivity contribution in [1.29, 1.82) is 0 Å². The topological polar surface area (TPSA) is 34.0 Å². The molecule has 1 aliphatic carbocycles. The molecule has 2 aliphatic rings. The summed E-state index contributed by atoms with van der Waals surface area (Å²) in [5.41, 5.74) is 3.17. The molecule has 4 nitrogen and oxygen atoms in total. The minimum Gasteiger partial charge on any atom is -0.334 e. The number of hydrogen-bond acceptors (Lipinski definition) is 4. The molecule has 1 saturated carbocycles. The number of rotatable bonds is 5. The summed E-state index contributed by atoms with van der Waals surface area (Å²) in [4.78, 5) is 13.1. The van der Waals surface area contributed by atoms with Crippen LogP contribution in [0.4, 0.5) is 0 Å². The number of likely N-dealkylation sites (tertiary alicyclic amines) is 1. The maximum absolute atomic E-state index is 4.73. The zero-order chi connectivity index (χ0) is 15.6. The van der Waals surface area contributed by atoms with E-state index in [4.69, 9.17) is 4.98 Å². The first-order valence-corrected chi connectivity index (χ1v) is 9.80. The Labute approximate surface area is 142 Å². The van der Waals surface area contributed by atoms with Gasteiger partial charge in [-0.15, -0.1) is 11.3 Å². The number of aryl methyl sites for hydroxylation is 1. The van der Waals surface area contributed by atoms with Crippen molar-refractivity contribution < 1.29 is 0 Å². The van der Waals surface area contributed by atoms with E-state index in [1.165, 1.54) is 61.6 Å². The predicted molar refractivity (Wildman–Crippen MR) is 93.7 cm³/mol. The number of thiazole rings is 1. The van der Waals surface area contributed by atoms with E-state index in [1.54, 1.807) is 11.3 Å². The van der Waals surface area contributed by atoms with Gasteiger partial charge in [0, 0.05) is 42.8 Å². The predicted octanol–water partition coefficient (Wildman–Crippen LogP) is 3.83. The number of piperidine rings is 1. The van der Waals surface area contributed by atoms with E-state index in [0.717, 1.165) is 19.0 Å². The smallest absolute Gasteiger partial charge is 0.113 e. The van der Waals surface area contributed by atoms with Gasteiger partial charge in [0.1, 0.15) is 5.82 Å². The highest BCUT2D eigenvalue weighted by Gasteiger charge is 2.26. The summed E-state index contributed by atoms with van der Waals surface area (Å²) >= 11 is 1.79. The summed E-state index contributed by atoms with van der Waals surface area (Å²) in [5, 5.41) is 0. The van der Waals surface area contributed by atoms with Crippen LogP contribution in [-0.4, -0.2) is 32.5 Å². The summed E-state index contributed by atoms with van der Waals surface area (Å²) < 4.78 is 2.44. The second-order valence-electron chi connectivity index (χ2n) is 7.17. The van der Waals surface area contributed by atoms with E-state index in [9.17, 15) is 0 Å². The maximum Gasteiger partial charge on any atom is 0.113 e. The van der Waals surface area contributed by atoms with Crippen LogP contribution in [0.5, 0.6) is 0 Å². The highest BCUT2D eigenvalue weighted by molar-refractivity contribution is 7.09. The first kappa shape index (κ1) is 15.3. The molecule has 1 atom stereocenters. The zero-order valence-electron chi connectivity index (χ0n) is 13.9. The third-order valence-electron chi connectivity index (χ3n) is 5.51. The third-order valence-corrected chi connectivity index (χ3v) is 6.43. The fourth-order valence-electron chi connectivity index (χ4n) is 3.88. The van der Waals surface area contributed by atoms with Crippen LogP contribution in [0.25, 0.3) is 0 Å². The van der Waals surface area contributed by atoms with E-state index in [1.807, 2.05) is 11.7 Å². The average Bonchev–Trinajstić information content (AvgIpc) is 3.13. The van der Waals surface area contributed by atoms with Gasteiger partial charge in [-0.2, -0.15) is 0 Å². The van der Waals surface area contributed by atoms with E-state index in [0.29, 0.717) is 5.92 Å². The summed E-state index contributed by atoms with van der Waals surface area (Å²) in [5.74, 6) is 2.80. The second-order valence-corrected chi connectivity index (χ2v) is 8.11. The van der Waals surface area contributed by atoms with Gasteiger partial charge >= 0.3 is 0 Å². The lowest BCUT2D eigenvalue weighted by Gasteiger charge is -2.33. The molecule has 2 aromatic rings. The van der Waals surface area contributed by atoms with Gasteiger partial charge in [0.2, 0.25) is 0 Å². The van der Waals surface area contributed by atoms with Gasteiger partial charge in [-0.25, -0.2) is 9.97 Å². The SMILES string of the molecule is Cc1ncsc1CN1CCCC(c2nccn2CC2CCC2)C1. The summed E-state index contributed by atoms with van der Waals surface area (Å²) in [6.07, 6.45) is 11.0. The van der Waals surface area contributed by atoms with Crippen LogP contribution in [0.2, 0.25) is 0 Å².